The molecule has 1 saturated heterocycles. The topological polar surface area (TPSA) is 194 Å². The molecule has 3 amide bonds. The summed E-state index contributed by atoms with van der Waals surface area (Å²) in [6.07, 6.45) is 2.39. The van der Waals surface area contributed by atoms with Gasteiger partial charge < -0.3 is 21.3 Å². The van der Waals surface area contributed by atoms with Crippen molar-refractivity contribution in [1.82, 2.24) is 14.9 Å². The number of hydrogen-bond acceptors (Lipinski definition) is 8. The van der Waals surface area contributed by atoms with Gasteiger partial charge in [0.05, 0.1) is 16.4 Å². The molecule has 0 saturated carbocycles. The molecular formula is C26H34N6O7S. The lowest BCUT2D eigenvalue weighted by molar-refractivity contribution is -0.384. The molecule has 1 aliphatic heterocycles. The molecule has 2 aromatic rings. The Morgan fingerprint density at radius 1 is 1.10 bits per heavy atom. The maximum absolute atomic E-state index is 13.2. The molecule has 40 heavy (non-hydrogen) atoms. The van der Waals surface area contributed by atoms with Crippen molar-refractivity contribution in [2.24, 2.45) is 5.73 Å². The Labute approximate surface area is 232 Å². The monoisotopic (exact) mass is 574 g/mol. The Balaban J connectivity index is 1.64. The maximum atomic E-state index is 13.2. The Hall–Kier alpha value is -3.88. The molecule has 14 heteroatoms. The normalized spacial score (nSPS) is 15.8. The number of anilines is 1. The zero-order valence-electron chi connectivity index (χ0n) is 22.2. The van der Waals surface area contributed by atoms with E-state index in [1.165, 1.54) is 41.3 Å². The summed E-state index contributed by atoms with van der Waals surface area (Å²) in [6, 6.07) is 9.69. The largest absolute Gasteiger partial charge is 0.343 e. The van der Waals surface area contributed by atoms with E-state index in [0.717, 1.165) is 5.56 Å². The van der Waals surface area contributed by atoms with E-state index in [4.69, 9.17) is 5.73 Å². The molecule has 2 atom stereocenters. The van der Waals surface area contributed by atoms with E-state index in [9.17, 15) is 32.9 Å². The standard InChI is InChI=1S/C26H34N6O7S/c1-18-7-13-21(14-8-18)40(38,39)28-17-24(33)31-16-4-6-23(31)26(35)30-22(5-2-3-15-27)25(34)29-19-9-11-20(12-10-19)32(36)37/h7-14,22-23,28H,2-6,15-17,27H2,1H3,(H,29,34)(H,30,35)/t22-,23-/m0/s1. The number of sulfonamides is 1. The number of rotatable bonds is 13. The summed E-state index contributed by atoms with van der Waals surface area (Å²) in [5.74, 6) is -1.59. The Bertz CT molecular complexity index is 1320. The second-order valence-corrected chi connectivity index (χ2v) is 11.3. The third-order valence-corrected chi connectivity index (χ3v) is 7.96. The van der Waals surface area contributed by atoms with Gasteiger partial charge in [-0.3, -0.25) is 24.5 Å². The molecule has 1 heterocycles. The van der Waals surface area contributed by atoms with Crippen LogP contribution in [-0.2, 0) is 24.4 Å². The number of aryl methyl sites for hydroxylation is 1. The highest BCUT2D eigenvalue weighted by molar-refractivity contribution is 7.89. The number of nitrogens with zero attached hydrogens (tertiary/aromatic N) is 2. The van der Waals surface area contributed by atoms with Gasteiger partial charge in [-0.05, 0) is 69.8 Å². The molecule has 1 fully saturated rings. The van der Waals surface area contributed by atoms with Gasteiger partial charge in [-0.2, -0.15) is 0 Å². The first-order valence-corrected chi connectivity index (χ1v) is 14.4. The molecule has 0 aromatic heterocycles. The van der Waals surface area contributed by atoms with Crippen LogP contribution in [0.1, 0.15) is 37.7 Å². The molecular weight excluding hydrogens is 540 g/mol. The number of nitrogens with one attached hydrogen (secondary N) is 3. The van der Waals surface area contributed by atoms with Crippen molar-refractivity contribution < 1.29 is 27.7 Å². The van der Waals surface area contributed by atoms with Crippen molar-refractivity contribution in [2.45, 2.75) is 56.0 Å². The molecule has 0 radical (unpaired) electrons. The van der Waals surface area contributed by atoms with Crippen molar-refractivity contribution in [3.8, 4) is 0 Å². The van der Waals surface area contributed by atoms with Crippen LogP contribution >= 0.6 is 0 Å². The first kappa shape index (κ1) is 30.7. The van der Waals surface area contributed by atoms with Crippen molar-refractivity contribution in [1.29, 1.82) is 0 Å². The number of nitro benzene ring substituents is 1. The summed E-state index contributed by atoms with van der Waals surface area (Å²) >= 11 is 0. The molecule has 13 nitrogen and oxygen atoms in total. The van der Waals surface area contributed by atoms with Gasteiger partial charge in [0.25, 0.3) is 5.69 Å². The molecule has 5 N–H and O–H groups in total. The molecule has 1 aliphatic rings. The van der Waals surface area contributed by atoms with Crippen molar-refractivity contribution >= 4 is 39.1 Å². The average molecular weight is 575 g/mol. The van der Waals surface area contributed by atoms with Crippen LogP contribution in [-0.4, -0.2) is 67.7 Å². The number of nitrogens with two attached hydrogens (primary N) is 1. The number of nitro groups is 1. The second kappa shape index (κ2) is 14.0. The number of hydrogen-bond donors (Lipinski definition) is 4. The molecule has 0 unspecified atom stereocenters. The number of benzene rings is 2. The minimum Gasteiger partial charge on any atom is -0.343 e. The Morgan fingerprint density at radius 2 is 1.77 bits per heavy atom. The average Bonchev–Trinajstić information content (AvgIpc) is 3.42. The van der Waals surface area contributed by atoms with Gasteiger partial charge in [0.15, 0.2) is 0 Å². The van der Waals surface area contributed by atoms with E-state index in [0.29, 0.717) is 44.3 Å². The van der Waals surface area contributed by atoms with Gasteiger partial charge in [-0.1, -0.05) is 17.7 Å². The van der Waals surface area contributed by atoms with E-state index < -0.39 is 51.3 Å². The Kier molecular flexibility index (Phi) is 10.7. The predicted molar refractivity (Wildman–Crippen MR) is 148 cm³/mol. The van der Waals surface area contributed by atoms with E-state index >= 15 is 0 Å². The van der Waals surface area contributed by atoms with Crippen molar-refractivity contribution in [3.05, 3.63) is 64.2 Å². The van der Waals surface area contributed by atoms with Gasteiger partial charge in [0.2, 0.25) is 27.7 Å². The number of likely N-dealkylation sites (tertiary alicyclic amines) is 1. The summed E-state index contributed by atoms with van der Waals surface area (Å²) in [5, 5.41) is 16.3. The Morgan fingerprint density at radius 3 is 2.40 bits per heavy atom. The third kappa shape index (κ3) is 8.31. The van der Waals surface area contributed by atoms with E-state index in [1.54, 1.807) is 12.1 Å². The van der Waals surface area contributed by atoms with Gasteiger partial charge in [-0.15, -0.1) is 0 Å². The summed E-state index contributed by atoms with van der Waals surface area (Å²) in [4.78, 5) is 50.8. The molecule has 216 valence electrons. The van der Waals surface area contributed by atoms with E-state index in [1.807, 2.05) is 6.92 Å². The molecule has 0 spiro atoms. The van der Waals surface area contributed by atoms with Crippen LogP contribution in [0, 0.1) is 17.0 Å². The van der Waals surface area contributed by atoms with Gasteiger partial charge in [-0.25, -0.2) is 13.1 Å². The minimum absolute atomic E-state index is 0.0287. The zero-order valence-corrected chi connectivity index (χ0v) is 23.0. The van der Waals surface area contributed by atoms with Crippen LogP contribution in [0.3, 0.4) is 0 Å². The maximum Gasteiger partial charge on any atom is 0.269 e. The van der Waals surface area contributed by atoms with Crippen LogP contribution < -0.4 is 21.1 Å². The van der Waals surface area contributed by atoms with Crippen LogP contribution in [0.5, 0.6) is 0 Å². The second-order valence-electron chi connectivity index (χ2n) is 9.52. The van der Waals surface area contributed by atoms with E-state index in [-0.39, 0.29) is 17.1 Å². The summed E-state index contributed by atoms with van der Waals surface area (Å²) in [5.41, 5.74) is 6.66. The number of unbranched alkanes of at least 4 members (excludes halogenated alkanes) is 1. The minimum atomic E-state index is -3.92. The van der Waals surface area contributed by atoms with Crippen LogP contribution in [0.25, 0.3) is 0 Å². The predicted octanol–water partition coefficient (Wildman–Crippen LogP) is 1.43. The highest BCUT2D eigenvalue weighted by atomic mass is 32.2. The number of non-ortho nitro benzene ring substituents is 1. The van der Waals surface area contributed by atoms with Crippen LogP contribution in [0.4, 0.5) is 11.4 Å². The SMILES string of the molecule is Cc1ccc(S(=O)(=O)NCC(=O)N2CCC[C@H]2C(=O)N[C@@H](CCCCN)C(=O)Nc2ccc([N+](=O)[O-])cc2)cc1. The van der Waals surface area contributed by atoms with Crippen molar-refractivity contribution in [3.63, 3.8) is 0 Å². The summed E-state index contributed by atoms with van der Waals surface area (Å²) in [7, 11) is -3.92. The smallest absolute Gasteiger partial charge is 0.269 e. The lowest BCUT2D eigenvalue weighted by Gasteiger charge is -2.26. The third-order valence-electron chi connectivity index (χ3n) is 6.55. The molecule has 2 aromatic carbocycles. The van der Waals surface area contributed by atoms with Crippen LogP contribution in [0.2, 0.25) is 0 Å². The number of carbonyl (C=O) groups excluding carboxylic acids is 3. The zero-order chi connectivity index (χ0) is 29.3. The quantitative estimate of drug-likeness (QED) is 0.157. The number of amides is 3. The van der Waals surface area contributed by atoms with Gasteiger partial charge in [0.1, 0.15) is 12.1 Å². The van der Waals surface area contributed by atoms with Gasteiger partial charge in [0, 0.05) is 24.4 Å². The summed E-state index contributed by atoms with van der Waals surface area (Å²) < 4.78 is 27.4. The van der Waals surface area contributed by atoms with E-state index in [2.05, 4.69) is 15.4 Å². The molecule has 0 aliphatic carbocycles. The highest BCUT2D eigenvalue weighted by Gasteiger charge is 2.36. The first-order valence-electron chi connectivity index (χ1n) is 12.9. The van der Waals surface area contributed by atoms with Gasteiger partial charge >= 0.3 is 0 Å². The highest BCUT2D eigenvalue weighted by Crippen LogP contribution is 2.20. The fourth-order valence-electron chi connectivity index (χ4n) is 4.32. The molecule has 0 bridgehead atoms. The fourth-order valence-corrected chi connectivity index (χ4v) is 5.30. The molecule has 3 rings (SSSR count). The lowest BCUT2D eigenvalue weighted by Crippen LogP contribution is -2.53. The fraction of sp³-hybridized carbons (Fsp3) is 0.423. The number of carbonyl (C=O) groups is 3. The summed E-state index contributed by atoms with van der Waals surface area (Å²) in [6.45, 7) is 2.00. The van der Waals surface area contributed by atoms with Crippen molar-refractivity contribution in [2.75, 3.05) is 25.0 Å². The lowest BCUT2D eigenvalue weighted by atomic mass is 10.1. The van der Waals surface area contributed by atoms with Crippen LogP contribution in [0.15, 0.2) is 53.4 Å². The first-order chi connectivity index (χ1) is 19.0.